The fourth-order valence-corrected chi connectivity index (χ4v) is 3.85. The summed E-state index contributed by atoms with van der Waals surface area (Å²) in [6.07, 6.45) is 4.78. The van der Waals surface area contributed by atoms with Gasteiger partial charge in [0.2, 0.25) is 0 Å². The number of piperidine rings is 1. The van der Waals surface area contributed by atoms with Crippen molar-refractivity contribution in [2.24, 2.45) is 0 Å². The van der Waals surface area contributed by atoms with Crippen LogP contribution in [-0.2, 0) is 13.0 Å². The number of aromatic carboxylic acids is 1. The van der Waals surface area contributed by atoms with Gasteiger partial charge < -0.3 is 5.11 Å². The lowest BCUT2D eigenvalue weighted by Crippen LogP contribution is -2.40. The predicted molar refractivity (Wildman–Crippen MR) is 99.3 cm³/mol. The Kier molecular flexibility index (Phi) is 5.69. The molecule has 1 unspecified atom stereocenters. The fourth-order valence-electron chi connectivity index (χ4n) is 3.40. The molecule has 1 atom stereocenters. The van der Waals surface area contributed by atoms with Crippen LogP contribution in [0.5, 0.6) is 0 Å². The van der Waals surface area contributed by atoms with Gasteiger partial charge in [-0.1, -0.05) is 52.7 Å². The normalized spacial score (nSPS) is 18.5. The van der Waals surface area contributed by atoms with Crippen molar-refractivity contribution in [1.29, 1.82) is 0 Å². The second kappa shape index (κ2) is 7.95. The minimum atomic E-state index is -0.869. The molecule has 3 rings (SSSR count). The molecule has 126 valence electrons. The zero-order valence-electron chi connectivity index (χ0n) is 13.6. The summed E-state index contributed by atoms with van der Waals surface area (Å²) in [5, 5.41) is 9.01. The standard InChI is InChI=1S/C20H22BrNO2/c21-19-7-2-1-5-17(19)13-18-6-3-4-12-22(18)14-15-8-10-16(11-9-15)20(23)24/h1-2,5,7-11,18H,3-4,6,12-14H2,(H,23,24). The van der Waals surface area contributed by atoms with Gasteiger partial charge in [-0.15, -0.1) is 0 Å². The summed E-state index contributed by atoms with van der Waals surface area (Å²) in [5.74, 6) is -0.869. The lowest BCUT2D eigenvalue weighted by atomic mass is 9.95. The van der Waals surface area contributed by atoms with Crippen molar-refractivity contribution in [1.82, 2.24) is 4.90 Å². The number of nitrogens with zero attached hydrogens (tertiary/aromatic N) is 1. The first-order valence-corrected chi connectivity index (χ1v) is 9.22. The number of hydrogen-bond acceptors (Lipinski definition) is 2. The number of rotatable bonds is 5. The van der Waals surface area contributed by atoms with Crippen molar-refractivity contribution in [3.05, 3.63) is 69.7 Å². The van der Waals surface area contributed by atoms with E-state index in [-0.39, 0.29) is 0 Å². The molecule has 0 spiro atoms. The molecular weight excluding hydrogens is 366 g/mol. The van der Waals surface area contributed by atoms with Crippen LogP contribution in [0.25, 0.3) is 0 Å². The van der Waals surface area contributed by atoms with Crippen LogP contribution in [0.1, 0.15) is 40.7 Å². The molecule has 0 aliphatic carbocycles. The summed E-state index contributed by atoms with van der Waals surface area (Å²) in [6, 6.07) is 16.3. The molecule has 0 bridgehead atoms. The van der Waals surface area contributed by atoms with Crippen LogP contribution in [-0.4, -0.2) is 28.6 Å². The predicted octanol–water partition coefficient (Wildman–Crippen LogP) is 4.74. The van der Waals surface area contributed by atoms with E-state index in [1.54, 1.807) is 12.1 Å². The van der Waals surface area contributed by atoms with Crippen molar-refractivity contribution in [3.63, 3.8) is 0 Å². The maximum atomic E-state index is 11.0. The molecule has 0 saturated carbocycles. The lowest BCUT2D eigenvalue weighted by molar-refractivity contribution is 0.0697. The summed E-state index contributed by atoms with van der Waals surface area (Å²) in [5.41, 5.74) is 2.89. The molecule has 3 nitrogen and oxygen atoms in total. The van der Waals surface area contributed by atoms with Crippen molar-refractivity contribution in [2.75, 3.05) is 6.54 Å². The van der Waals surface area contributed by atoms with Gasteiger partial charge in [0.15, 0.2) is 0 Å². The molecule has 1 fully saturated rings. The van der Waals surface area contributed by atoms with E-state index in [0.717, 1.165) is 19.5 Å². The van der Waals surface area contributed by atoms with E-state index in [2.05, 4.69) is 45.1 Å². The number of carboxylic acid groups (broad SMARTS) is 1. The van der Waals surface area contributed by atoms with E-state index < -0.39 is 5.97 Å². The number of halogens is 1. The minimum Gasteiger partial charge on any atom is -0.478 e. The third kappa shape index (κ3) is 4.25. The van der Waals surface area contributed by atoms with E-state index in [9.17, 15) is 4.79 Å². The average Bonchev–Trinajstić information content (AvgIpc) is 2.59. The molecule has 1 aliphatic rings. The van der Waals surface area contributed by atoms with E-state index in [1.165, 1.54) is 34.9 Å². The summed E-state index contributed by atoms with van der Waals surface area (Å²) < 4.78 is 1.18. The molecule has 1 aliphatic heterocycles. The molecule has 1 N–H and O–H groups in total. The maximum Gasteiger partial charge on any atom is 0.335 e. The highest BCUT2D eigenvalue weighted by atomic mass is 79.9. The van der Waals surface area contributed by atoms with Crippen molar-refractivity contribution in [3.8, 4) is 0 Å². The van der Waals surface area contributed by atoms with Crippen molar-refractivity contribution >= 4 is 21.9 Å². The van der Waals surface area contributed by atoms with Crippen LogP contribution in [0.15, 0.2) is 53.0 Å². The van der Waals surface area contributed by atoms with E-state index in [4.69, 9.17) is 5.11 Å². The molecule has 2 aromatic carbocycles. The van der Waals surface area contributed by atoms with Crippen LogP contribution in [0, 0.1) is 0 Å². The zero-order valence-corrected chi connectivity index (χ0v) is 15.2. The van der Waals surface area contributed by atoms with Gasteiger partial charge in [-0.2, -0.15) is 0 Å². The summed E-state index contributed by atoms with van der Waals surface area (Å²) in [6.45, 7) is 1.99. The number of benzene rings is 2. The Hall–Kier alpha value is -1.65. The molecule has 0 aromatic heterocycles. The molecule has 2 aromatic rings. The molecule has 1 heterocycles. The Labute approximate surface area is 151 Å². The van der Waals surface area contributed by atoms with E-state index in [1.807, 2.05) is 12.1 Å². The minimum absolute atomic E-state index is 0.349. The second-order valence-electron chi connectivity index (χ2n) is 6.42. The quantitative estimate of drug-likeness (QED) is 0.804. The van der Waals surface area contributed by atoms with Crippen LogP contribution < -0.4 is 0 Å². The smallest absolute Gasteiger partial charge is 0.335 e. The molecule has 1 saturated heterocycles. The SMILES string of the molecule is O=C(O)c1ccc(CN2CCCCC2Cc2ccccc2Br)cc1. The highest BCUT2D eigenvalue weighted by Gasteiger charge is 2.23. The molecule has 24 heavy (non-hydrogen) atoms. The molecule has 4 heteroatoms. The van der Waals surface area contributed by atoms with Crippen LogP contribution in [0.4, 0.5) is 0 Å². The topological polar surface area (TPSA) is 40.5 Å². The van der Waals surface area contributed by atoms with Gasteiger partial charge in [-0.05, 0) is 55.1 Å². The summed E-state index contributed by atoms with van der Waals surface area (Å²) in [7, 11) is 0. The van der Waals surface area contributed by atoms with Gasteiger partial charge >= 0.3 is 5.97 Å². The second-order valence-corrected chi connectivity index (χ2v) is 7.27. The monoisotopic (exact) mass is 387 g/mol. The molecule has 0 amide bonds. The van der Waals surface area contributed by atoms with Gasteiger partial charge in [0.05, 0.1) is 5.56 Å². The Balaban J connectivity index is 1.70. The number of likely N-dealkylation sites (tertiary alicyclic amines) is 1. The van der Waals surface area contributed by atoms with Crippen LogP contribution >= 0.6 is 15.9 Å². The molecular formula is C20H22BrNO2. The first-order chi connectivity index (χ1) is 11.6. The lowest BCUT2D eigenvalue weighted by Gasteiger charge is -2.36. The van der Waals surface area contributed by atoms with Gasteiger partial charge in [0.25, 0.3) is 0 Å². The Morgan fingerprint density at radius 3 is 2.58 bits per heavy atom. The Bertz CT molecular complexity index is 699. The number of carboxylic acids is 1. The van der Waals surface area contributed by atoms with Crippen LogP contribution in [0.2, 0.25) is 0 Å². The third-order valence-corrected chi connectivity index (χ3v) is 5.52. The largest absolute Gasteiger partial charge is 0.478 e. The summed E-state index contributed by atoms with van der Waals surface area (Å²) >= 11 is 3.66. The first-order valence-electron chi connectivity index (χ1n) is 8.43. The molecule has 0 radical (unpaired) electrons. The van der Waals surface area contributed by atoms with Gasteiger partial charge in [0, 0.05) is 17.1 Å². The van der Waals surface area contributed by atoms with E-state index >= 15 is 0 Å². The van der Waals surface area contributed by atoms with Crippen LogP contribution in [0.3, 0.4) is 0 Å². The number of carbonyl (C=O) groups is 1. The van der Waals surface area contributed by atoms with Gasteiger partial charge in [0.1, 0.15) is 0 Å². The van der Waals surface area contributed by atoms with Gasteiger partial charge in [-0.3, -0.25) is 4.90 Å². The number of hydrogen-bond donors (Lipinski definition) is 1. The first kappa shape index (κ1) is 17.2. The maximum absolute atomic E-state index is 11.0. The Morgan fingerprint density at radius 2 is 1.88 bits per heavy atom. The third-order valence-electron chi connectivity index (χ3n) is 4.75. The Morgan fingerprint density at radius 1 is 1.12 bits per heavy atom. The highest BCUT2D eigenvalue weighted by molar-refractivity contribution is 9.10. The summed E-state index contributed by atoms with van der Waals surface area (Å²) in [4.78, 5) is 13.5. The zero-order chi connectivity index (χ0) is 16.9. The highest BCUT2D eigenvalue weighted by Crippen LogP contribution is 2.26. The fraction of sp³-hybridized carbons (Fsp3) is 0.350. The van der Waals surface area contributed by atoms with Crippen molar-refractivity contribution in [2.45, 2.75) is 38.3 Å². The van der Waals surface area contributed by atoms with E-state index in [0.29, 0.717) is 11.6 Å². The average molecular weight is 388 g/mol. The van der Waals surface area contributed by atoms with Gasteiger partial charge in [-0.25, -0.2) is 4.79 Å². The van der Waals surface area contributed by atoms with Crippen molar-refractivity contribution < 1.29 is 9.90 Å².